The molecule has 3 aromatic carbocycles. The van der Waals surface area contributed by atoms with Crippen LogP contribution in [-0.2, 0) is 19.3 Å². The van der Waals surface area contributed by atoms with Gasteiger partial charge < -0.3 is 0 Å². The van der Waals surface area contributed by atoms with Gasteiger partial charge in [0.15, 0.2) is 23.3 Å². The number of halogens is 4. The molecule has 4 rings (SSSR count). The molecule has 154 valence electrons. The van der Waals surface area contributed by atoms with Crippen molar-refractivity contribution in [3.05, 3.63) is 94.6 Å². The highest BCUT2D eigenvalue weighted by atomic mass is 19.2. The number of fused-ring (bicyclic) bond motifs is 3. The Morgan fingerprint density at radius 2 is 1.47 bits per heavy atom. The molecule has 0 unspecified atom stereocenters. The molecule has 0 aliphatic heterocycles. The average molecular weight is 410 g/mol. The maximum absolute atomic E-state index is 15.1. The Labute approximate surface area is 173 Å². The van der Waals surface area contributed by atoms with Crippen molar-refractivity contribution >= 4 is 0 Å². The van der Waals surface area contributed by atoms with Crippen molar-refractivity contribution in [2.24, 2.45) is 0 Å². The van der Waals surface area contributed by atoms with Crippen molar-refractivity contribution < 1.29 is 17.6 Å². The summed E-state index contributed by atoms with van der Waals surface area (Å²) >= 11 is 0. The maximum Gasteiger partial charge on any atom is 0.167 e. The van der Waals surface area contributed by atoms with Crippen LogP contribution in [0.4, 0.5) is 17.6 Å². The number of allylic oxidation sites excluding steroid dienone is 1. The van der Waals surface area contributed by atoms with Crippen LogP contribution in [0.5, 0.6) is 0 Å². The minimum absolute atomic E-state index is 0.129. The quantitative estimate of drug-likeness (QED) is 0.227. The fourth-order valence-corrected chi connectivity index (χ4v) is 4.22. The van der Waals surface area contributed by atoms with E-state index in [4.69, 9.17) is 0 Å². The molecule has 0 saturated heterocycles. The van der Waals surface area contributed by atoms with Gasteiger partial charge in [0.2, 0.25) is 0 Å². The standard InChI is InChI=1S/C26H22F4/c1-3-5-7-15-8-10-16(11-9-15)20-14-19-13-18-12-17(6-4-2)23(27)25(29)21(18)22(19)26(30)24(20)28/h3,8-12,14H,1,4-7,13H2,2H3. The number of rotatable bonds is 6. The Morgan fingerprint density at radius 1 is 0.833 bits per heavy atom. The molecule has 0 nitrogen and oxygen atoms in total. The summed E-state index contributed by atoms with van der Waals surface area (Å²) < 4.78 is 59.2. The van der Waals surface area contributed by atoms with Gasteiger partial charge in [0, 0.05) is 16.7 Å². The zero-order chi connectivity index (χ0) is 21.4. The first-order valence-corrected chi connectivity index (χ1v) is 10.2. The van der Waals surface area contributed by atoms with E-state index >= 15 is 4.39 Å². The summed E-state index contributed by atoms with van der Waals surface area (Å²) in [6, 6.07) is 10.4. The second-order valence-corrected chi connectivity index (χ2v) is 7.74. The Bertz CT molecular complexity index is 1130. The Morgan fingerprint density at radius 3 is 2.10 bits per heavy atom. The molecule has 0 spiro atoms. The topological polar surface area (TPSA) is 0 Å². The normalized spacial score (nSPS) is 12.0. The lowest BCUT2D eigenvalue weighted by atomic mass is 9.96. The van der Waals surface area contributed by atoms with Crippen LogP contribution >= 0.6 is 0 Å². The summed E-state index contributed by atoms with van der Waals surface area (Å²) in [5, 5.41) is 0. The van der Waals surface area contributed by atoms with Gasteiger partial charge in [-0.1, -0.05) is 49.8 Å². The smallest absolute Gasteiger partial charge is 0.167 e. The van der Waals surface area contributed by atoms with E-state index < -0.39 is 23.3 Å². The lowest BCUT2D eigenvalue weighted by molar-refractivity contribution is 0.495. The van der Waals surface area contributed by atoms with Crippen molar-refractivity contribution in [3.8, 4) is 22.3 Å². The molecule has 0 heterocycles. The molecular weight excluding hydrogens is 388 g/mol. The van der Waals surface area contributed by atoms with E-state index in [1.807, 2.05) is 25.1 Å². The van der Waals surface area contributed by atoms with E-state index in [-0.39, 0.29) is 28.7 Å². The molecule has 0 bridgehead atoms. The maximum atomic E-state index is 15.1. The molecule has 0 aromatic heterocycles. The Balaban J connectivity index is 1.79. The highest BCUT2D eigenvalue weighted by molar-refractivity contribution is 5.82. The molecule has 1 aliphatic carbocycles. The van der Waals surface area contributed by atoms with Crippen LogP contribution in [0.15, 0.2) is 49.1 Å². The summed E-state index contributed by atoms with van der Waals surface area (Å²) in [6.07, 6.45) is 4.80. The van der Waals surface area contributed by atoms with Gasteiger partial charge >= 0.3 is 0 Å². The molecule has 1 aliphatic rings. The third-order valence-corrected chi connectivity index (χ3v) is 5.70. The van der Waals surface area contributed by atoms with Gasteiger partial charge in [-0.25, -0.2) is 17.6 Å². The van der Waals surface area contributed by atoms with E-state index in [0.29, 0.717) is 29.5 Å². The van der Waals surface area contributed by atoms with Gasteiger partial charge in [-0.05, 0) is 59.6 Å². The van der Waals surface area contributed by atoms with E-state index in [9.17, 15) is 13.2 Å². The molecule has 0 saturated carbocycles. The largest absolute Gasteiger partial charge is 0.203 e. The van der Waals surface area contributed by atoms with Crippen molar-refractivity contribution in [1.29, 1.82) is 0 Å². The Hall–Kier alpha value is -2.88. The van der Waals surface area contributed by atoms with E-state index in [0.717, 1.165) is 18.4 Å². The predicted octanol–water partition coefficient (Wildman–Crippen LogP) is 7.55. The van der Waals surface area contributed by atoms with Crippen molar-refractivity contribution in [2.75, 3.05) is 0 Å². The summed E-state index contributed by atoms with van der Waals surface area (Å²) in [5.41, 5.74) is 2.70. The van der Waals surface area contributed by atoms with Crippen LogP contribution in [-0.4, -0.2) is 0 Å². The van der Waals surface area contributed by atoms with Gasteiger partial charge in [-0.3, -0.25) is 0 Å². The predicted molar refractivity (Wildman–Crippen MR) is 112 cm³/mol. The molecule has 30 heavy (non-hydrogen) atoms. The van der Waals surface area contributed by atoms with Gasteiger partial charge in [-0.2, -0.15) is 0 Å². The summed E-state index contributed by atoms with van der Waals surface area (Å²) in [6.45, 7) is 5.58. The lowest BCUT2D eigenvalue weighted by Crippen LogP contribution is -2.00. The van der Waals surface area contributed by atoms with Gasteiger partial charge in [0.1, 0.15) is 0 Å². The first kappa shape index (κ1) is 20.4. The minimum Gasteiger partial charge on any atom is -0.203 e. The van der Waals surface area contributed by atoms with Crippen LogP contribution in [0, 0.1) is 23.3 Å². The molecule has 0 amide bonds. The first-order valence-electron chi connectivity index (χ1n) is 10.2. The summed E-state index contributed by atoms with van der Waals surface area (Å²) in [7, 11) is 0. The first-order chi connectivity index (χ1) is 14.5. The van der Waals surface area contributed by atoms with Crippen molar-refractivity contribution in [1.82, 2.24) is 0 Å². The zero-order valence-corrected chi connectivity index (χ0v) is 16.8. The second kappa shape index (κ2) is 8.10. The fourth-order valence-electron chi connectivity index (χ4n) is 4.22. The SMILES string of the molecule is C=CCCc1ccc(-c2cc3c(c(F)c2F)-c2c(cc(CCC)c(F)c2F)C3)cc1. The van der Waals surface area contributed by atoms with Gasteiger partial charge in [-0.15, -0.1) is 6.58 Å². The third kappa shape index (κ3) is 3.34. The van der Waals surface area contributed by atoms with Gasteiger partial charge in [0.25, 0.3) is 0 Å². The van der Waals surface area contributed by atoms with Crippen LogP contribution in [0.2, 0.25) is 0 Å². The lowest BCUT2D eigenvalue weighted by Gasteiger charge is -2.12. The van der Waals surface area contributed by atoms with E-state index in [1.165, 1.54) is 0 Å². The van der Waals surface area contributed by atoms with Gasteiger partial charge in [0.05, 0.1) is 0 Å². The number of hydrogen-bond acceptors (Lipinski definition) is 0. The molecule has 4 heteroatoms. The molecule has 0 radical (unpaired) electrons. The molecule has 3 aromatic rings. The Kier molecular flexibility index (Phi) is 5.50. The summed E-state index contributed by atoms with van der Waals surface area (Å²) in [4.78, 5) is 0. The number of aryl methyl sites for hydroxylation is 2. The highest BCUT2D eigenvalue weighted by Gasteiger charge is 2.31. The molecular formula is C26H22F4. The number of benzene rings is 3. The molecule has 0 fully saturated rings. The molecule has 0 N–H and O–H groups in total. The minimum atomic E-state index is -1.13. The van der Waals surface area contributed by atoms with E-state index in [1.54, 1.807) is 24.3 Å². The zero-order valence-electron chi connectivity index (χ0n) is 16.8. The second-order valence-electron chi connectivity index (χ2n) is 7.74. The summed E-state index contributed by atoms with van der Waals surface area (Å²) in [5.74, 6) is -4.23. The van der Waals surface area contributed by atoms with E-state index in [2.05, 4.69) is 6.58 Å². The van der Waals surface area contributed by atoms with Crippen molar-refractivity contribution in [2.45, 2.75) is 39.0 Å². The molecule has 0 atom stereocenters. The average Bonchev–Trinajstić information content (AvgIpc) is 3.12. The third-order valence-electron chi connectivity index (χ3n) is 5.70. The fraction of sp³-hybridized carbons (Fsp3) is 0.231. The van der Waals surface area contributed by atoms with Crippen LogP contribution < -0.4 is 0 Å². The van der Waals surface area contributed by atoms with Crippen LogP contribution in [0.3, 0.4) is 0 Å². The highest BCUT2D eigenvalue weighted by Crippen LogP contribution is 2.44. The van der Waals surface area contributed by atoms with Crippen LogP contribution in [0.1, 0.15) is 42.0 Å². The van der Waals surface area contributed by atoms with Crippen molar-refractivity contribution in [3.63, 3.8) is 0 Å². The van der Waals surface area contributed by atoms with Crippen LogP contribution in [0.25, 0.3) is 22.3 Å². The number of hydrogen-bond donors (Lipinski definition) is 0. The monoisotopic (exact) mass is 410 g/mol.